The summed E-state index contributed by atoms with van der Waals surface area (Å²) < 4.78 is 25.8. The van der Waals surface area contributed by atoms with Gasteiger partial charge in [0.05, 0.1) is 14.2 Å². The molecule has 0 aliphatic carbocycles. The molecule has 11 heteroatoms. The van der Waals surface area contributed by atoms with E-state index in [-0.39, 0.29) is 23.6 Å². The number of carbonyl (C=O) groups excluding carboxylic acids is 2. The van der Waals surface area contributed by atoms with Crippen LogP contribution in [0.2, 0.25) is 0 Å². The van der Waals surface area contributed by atoms with Crippen molar-refractivity contribution in [1.29, 1.82) is 0 Å². The van der Waals surface area contributed by atoms with Crippen molar-refractivity contribution < 1.29 is 23.5 Å². The first-order chi connectivity index (χ1) is 22.1. The van der Waals surface area contributed by atoms with Crippen LogP contribution in [0.15, 0.2) is 96.2 Å². The Morgan fingerprint density at radius 2 is 1.48 bits per heavy atom. The normalized spacial score (nSPS) is 10.7. The second kappa shape index (κ2) is 13.3. The molecule has 0 bridgehead atoms. The number of amides is 2. The van der Waals surface area contributed by atoms with Gasteiger partial charge in [0.25, 0.3) is 5.91 Å². The van der Waals surface area contributed by atoms with E-state index in [1.165, 1.54) is 46.1 Å². The van der Waals surface area contributed by atoms with Gasteiger partial charge in [-0.1, -0.05) is 30.3 Å². The van der Waals surface area contributed by atoms with Crippen LogP contribution in [0.3, 0.4) is 0 Å². The van der Waals surface area contributed by atoms with E-state index in [4.69, 9.17) is 15.2 Å². The van der Waals surface area contributed by atoms with E-state index in [9.17, 15) is 18.8 Å². The van der Waals surface area contributed by atoms with E-state index in [0.29, 0.717) is 34.1 Å². The molecule has 2 amide bonds. The number of methoxy groups -OCH3 is 2. The van der Waals surface area contributed by atoms with Gasteiger partial charge in [0.15, 0.2) is 11.5 Å². The number of ether oxygens (including phenoxy) is 2. The van der Waals surface area contributed by atoms with Crippen molar-refractivity contribution in [2.24, 2.45) is 0 Å². The minimum absolute atomic E-state index is 0.103. The predicted octanol–water partition coefficient (Wildman–Crippen LogP) is 5.32. The molecule has 0 saturated heterocycles. The number of carbonyl (C=O) groups is 2. The van der Waals surface area contributed by atoms with Crippen molar-refractivity contribution in [2.75, 3.05) is 39.4 Å². The number of aromatic nitrogens is 2. The molecule has 10 nitrogen and oxygen atoms in total. The van der Waals surface area contributed by atoms with Gasteiger partial charge in [0.2, 0.25) is 11.3 Å². The molecule has 0 unspecified atom stereocenters. The fourth-order valence-electron chi connectivity index (χ4n) is 4.83. The van der Waals surface area contributed by atoms with E-state index in [2.05, 4.69) is 10.3 Å². The monoisotopic (exact) mass is 621 g/mol. The smallest absolute Gasteiger partial charge is 0.261 e. The molecule has 0 radical (unpaired) electrons. The molecule has 3 N–H and O–H groups in total. The van der Waals surface area contributed by atoms with Gasteiger partial charge < -0.3 is 30.0 Å². The summed E-state index contributed by atoms with van der Waals surface area (Å²) in [6, 6.07) is 19.8. The second-order valence-electron chi connectivity index (χ2n) is 10.6. The van der Waals surface area contributed by atoms with Crippen LogP contribution in [0.5, 0.6) is 11.5 Å². The van der Waals surface area contributed by atoms with E-state index in [1.807, 2.05) is 24.3 Å². The number of rotatable bonds is 9. The van der Waals surface area contributed by atoms with Gasteiger partial charge >= 0.3 is 0 Å². The zero-order valence-electron chi connectivity index (χ0n) is 25.7. The average Bonchev–Trinajstić information content (AvgIpc) is 3.06. The molecule has 46 heavy (non-hydrogen) atoms. The molecule has 234 valence electrons. The van der Waals surface area contributed by atoms with Gasteiger partial charge in [-0.15, -0.1) is 0 Å². The lowest BCUT2D eigenvalue weighted by Crippen LogP contribution is -2.29. The Labute approximate surface area is 264 Å². The summed E-state index contributed by atoms with van der Waals surface area (Å²) >= 11 is 0. The maximum atomic E-state index is 13.6. The maximum Gasteiger partial charge on any atom is 0.261 e. The molecule has 5 aromatic rings. The number of hydrogen-bond donors (Lipinski definition) is 2. The number of nitrogens with zero attached hydrogens (tertiary/aromatic N) is 3. The molecule has 0 atom stereocenters. The number of hydrogen-bond acceptors (Lipinski definition) is 7. The standard InChI is InChI=1S/C35H32FN5O5/c1-40(2)32(42)20-41-18-28(22-5-10-25(36)11-6-22)33(43)29(19-41)35(44)39-26-12-7-21(8-13-26)27-15-24(17-38-34(27)37)23-9-14-30(45-3)31(16-23)46-4/h5-19H,20H2,1-4H3,(H2,37,38)(H,39,44). The van der Waals surface area contributed by atoms with Crippen molar-refractivity contribution in [3.8, 4) is 44.9 Å². The molecule has 0 aliphatic heterocycles. The van der Waals surface area contributed by atoms with Crippen LogP contribution in [0.1, 0.15) is 10.4 Å². The van der Waals surface area contributed by atoms with Crippen LogP contribution in [-0.4, -0.2) is 54.6 Å². The van der Waals surface area contributed by atoms with Crippen molar-refractivity contribution >= 4 is 23.3 Å². The Kier molecular flexibility index (Phi) is 9.13. The molecule has 0 saturated carbocycles. The zero-order chi connectivity index (χ0) is 33.0. The molecule has 0 fully saturated rings. The van der Waals surface area contributed by atoms with Crippen molar-refractivity contribution in [3.05, 3.63) is 113 Å². The SMILES string of the molecule is COc1ccc(-c2cnc(N)c(-c3ccc(NC(=O)c4cn(CC(=O)N(C)C)cc(-c5ccc(F)cc5)c4=O)cc3)c2)cc1OC. The Morgan fingerprint density at radius 1 is 0.848 bits per heavy atom. The van der Waals surface area contributed by atoms with Gasteiger partial charge in [-0.3, -0.25) is 14.4 Å². The lowest BCUT2D eigenvalue weighted by molar-refractivity contribution is -0.129. The van der Waals surface area contributed by atoms with Crippen LogP contribution in [-0.2, 0) is 11.3 Å². The van der Waals surface area contributed by atoms with E-state index < -0.39 is 17.2 Å². The Balaban J connectivity index is 1.43. The van der Waals surface area contributed by atoms with Crippen LogP contribution in [0.25, 0.3) is 33.4 Å². The third-order valence-corrected chi connectivity index (χ3v) is 7.38. The first kappa shape index (κ1) is 31.5. The summed E-state index contributed by atoms with van der Waals surface area (Å²) in [5.74, 6) is 0.151. The summed E-state index contributed by atoms with van der Waals surface area (Å²) in [7, 11) is 6.36. The van der Waals surface area contributed by atoms with Gasteiger partial charge in [-0.05, 0) is 59.2 Å². The highest BCUT2D eigenvalue weighted by Gasteiger charge is 2.18. The third-order valence-electron chi connectivity index (χ3n) is 7.38. The number of likely N-dealkylation sites (N-methyl/N-ethyl adjacent to an activating group) is 1. The molecular formula is C35H32FN5O5. The van der Waals surface area contributed by atoms with Crippen LogP contribution >= 0.6 is 0 Å². The lowest BCUT2D eigenvalue weighted by Gasteiger charge is -2.15. The van der Waals surface area contributed by atoms with Crippen molar-refractivity contribution in [1.82, 2.24) is 14.5 Å². The van der Waals surface area contributed by atoms with E-state index in [0.717, 1.165) is 16.7 Å². The van der Waals surface area contributed by atoms with Crippen LogP contribution in [0, 0.1) is 5.82 Å². The predicted molar refractivity (Wildman–Crippen MR) is 175 cm³/mol. The Morgan fingerprint density at radius 3 is 2.13 bits per heavy atom. The summed E-state index contributed by atoms with van der Waals surface area (Å²) in [4.78, 5) is 45.1. The number of nitrogens with one attached hydrogen (secondary N) is 1. The minimum Gasteiger partial charge on any atom is -0.493 e. The molecule has 2 heterocycles. The topological polar surface area (TPSA) is 129 Å². The summed E-state index contributed by atoms with van der Waals surface area (Å²) in [5.41, 5.74) is 9.63. The highest BCUT2D eigenvalue weighted by Crippen LogP contribution is 2.35. The molecule has 2 aromatic heterocycles. The lowest BCUT2D eigenvalue weighted by atomic mass is 10.0. The first-order valence-electron chi connectivity index (χ1n) is 14.2. The fourth-order valence-corrected chi connectivity index (χ4v) is 4.83. The van der Waals surface area contributed by atoms with Gasteiger partial charge in [-0.2, -0.15) is 0 Å². The first-order valence-corrected chi connectivity index (χ1v) is 14.2. The number of pyridine rings is 2. The molecule has 5 rings (SSSR count). The summed E-state index contributed by atoms with van der Waals surface area (Å²) in [6.45, 7) is -0.103. The van der Waals surface area contributed by atoms with Crippen molar-refractivity contribution in [2.45, 2.75) is 6.54 Å². The summed E-state index contributed by atoms with van der Waals surface area (Å²) in [5, 5.41) is 2.76. The Bertz CT molecular complexity index is 1970. The number of halogens is 1. The zero-order valence-corrected chi connectivity index (χ0v) is 25.7. The molecule has 0 aliphatic rings. The second-order valence-corrected chi connectivity index (χ2v) is 10.6. The Hall–Kier alpha value is -5.97. The van der Waals surface area contributed by atoms with E-state index in [1.54, 1.807) is 58.8 Å². The highest BCUT2D eigenvalue weighted by atomic mass is 19.1. The highest BCUT2D eigenvalue weighted by molar-refractivity contribution is 6.04. The van der Waals surface area contributed by atoms with Crippen molar-refractivity contribution in [3.63, 3.8) is 0 Å². The number of benzene rings is 3. The maximum absolute atomic E-state index is 13.6. The van der Waals surface area contributed by atoms with Gasteiger partial charge in [-0.25, -0.2) is 9.37 Å². The fraction of sp³-hybridized carbons (Fsp3) is 0.143. The largest absolute Gasteiger partial charge is 0.493 e. The van der Waals surface area contributed by atoms with Gasteiger partial charge in [0.1, 0.15) is 23.7 Å². The minimum atomic E-state index is -0.663. The number of nitrogens with two attached hydrogens (primary N) is 1. The van der Waals surface area contributed by atoms with Crippen LogP contribution in [0.4, 0.5) is 15.9 Å². The quantitative estimate of drug-likeness (QED) is 0.228. The van der Waals surface area contributed by atoms with Gasteiger partial charge in [0, 0.05) is 55.1 Å². The molecule has 0 spiro atoms. The molecule has 3 aromatic carbocycles. The third kappa shape index (κ3) is 6.73. The molecular weight excluding hydrogens is 589 g/mol. The number of anilines is 2. The number of nitrogen functional groups attached to an aromatic ring is 1. The summed E-state index contributed by atoms with van der Waals surface area (Å²) in [6.07, 6.45) is 4.50. The van der Waals surface area contributed by atoms with E-state index >= 15 is 0 Å². The average molecular weight is 622 g/mol. The van der Waals surface area contributed by atoms with Crippen LogP contribution < -0.4 is 26.0 Å².